The second-order valence-electron chi connectivity index (χ2n) is 6.29. The first-order valence-electron chi connectivity index (χ1n) is 8.14. The molecule has 0 aliphatic carbocycles. The maximum Gasteiger partial charge on any atom is 0.240 e. The molecule has 2 aromatic rings. The Morgan fingerprint density at radius 2 is 1.96 bits per heavy atom. The molecule has 1 amide bonds. The number of fused-ring (bicyclic) bond motifs is 2. The second-order valence-corrected chi connectivity index (χ2v) is 6.29. The highest BCUT2D eigenvalue weighted by Crippen LogP contribution is 2.32. The van der Waals surface area contributed by atoms with Crippen LogP contribution in [0.1, 0.15) is 16.7 Å². The van der Waals surface area contributed by atoms with Gasteiger partial charge in [0.2, 0.25) is 12.7 Å². The summed E-state index contributed by atoms with van der Waals surface area (Å²) in [7, 11) is 1.84. The van der Waals surface area contributed by atoms with Crippen molar-refractivity contribution in [2.45, 2.75) is 25.6 Å². The molecule has 1 unspecified atom stereocenters. The van der Waals surface area contributed by atoms with E-state index in [0.29, 0.717) is 6.54 Å². The lowest BCUT2D eigenvalue weighted by molar-refractivity contribution is -0.132. The molecule has 4 rings (SSSR count). The third-order valence-corrected chi connectivity index (χ3v) is 4.61. The Morgan fingerprint density at radius 1 is 1.17 bits per heavy atom. The highest BCUT2D eigenvalue weighted by atomic mass is 16.7. The Hall–Kier alpha value is -2.53. The van der Waals surface area contributed by atoms with E-state index in [1.54, 1.807) is 4.90 Å². The minimum atomic E-state index is -0.168. The third kappa shape index (κ3) is 2.83. The van der Waals surface area contributed by atoms with Crippen LogP contribution in [0.25, 0.3) is 0 Å². The minimum Gasteiger partial charge on any atom is -0.454 e. The molecule has 24 heavy (non-hydrogen) atoms. The van der Waals surface area contributed by atoms with E-state index in [2.05, 4.69) is 17.4 Å². The van der Waals surface area contributed by atoms with E-state index >= 15 is 0 Å². The zero-order valence-corrected chi connectivity index (χ0v) is 13.6. The van der Waals surface area contributed by atoms with Crippen molar-refractivity contribution < 1.29 is 14.3 Å². The largest absolute Gasteiger partial charge is 0.454 e. The van der Waals surface area contributed by atoms with E-state index in [4.69, 9.17) is 9.47 Å². The summed E-state index contributed by atoms with van der Waals surface area (Å²) in [6, 6.07) is 13.9. The standard InChI is InChI=1S/C19H20N2O3/c1-21(11-13-6-7-17-18(8-13)24-12-23-17)19(22)16-9-14-4-2-3-5-15(14)10-20-16/h2-8,16,20H,9-12H2,1H3. The van der Waals surface area contributed by atoms with Crippen LogP contribution < -0.4 is 14.8 Å². The van der Waals surface area contributed by atoms with Crippen LogP contribution in [0.2, 0.25) is 0 Å². The van der Waals surface area contributed by atoms with E-state index in [9.17, 15) is 4.79 Å². The fourth-order valence-electron chi connectivity index (χ4n) is 3.29. The number of hydrogen-bond acceptors (Lipinski definition) is 4. The second kappa shape index (κ2) is 6.17. The summed E-state index contributed by atoms with van der Waals surface area (Å²) in [6.45, 7) is 1.55. The topological polar surface area (TPSA) is 50.8 Å². The molecular weight excluding hydrogens is 304 g/mol. The molecule has 0 aromatic heterocycles. The van der Waals surface area contributed by atoms with Gasteiger partial charge in [-0.2, -0.15) is 0 Å². The zero-order chi connectivity index (χ0) is 16.5. The van der Waals surface area contributed by atoms with Crippen molar-refractivity contribution in [3.05, 3.63) is 59.2 Å². The maximum absolute atomic E-state index is 12.8. The number of hydrogen-bond donors (Lipinski definition) is 1. The molecule has 0 fully saturated rings. The number of benzene rings is 2. The molecule has 0 radical (unpaired) electrons. The highest BCUT2D eigenvalue weighted by Gasteiger charge is 2.26. The first kappa shape index (κ1) is 15.0. The van der Waals surface area contributed by atoms with Crippen LogP contribution in [0, 0.1) is 0 Å². The van der Waals surface area contributed by atoms with E-state index in [1.165, 1.54) is 11.1 Å². The Balaban J connectivity index is 1.43. The van der Waals surface area contributed by atoms with Gasteiger partial charge in [0.1, 0.15) is 0 Å². The summed E-state index contributed by atoms with van der Waals surface area (Å²) in [5.74, 6) is 1.62. The molecule has 2 aliphatic rings. The molecule has 2 aromatic carbocycles. The zero-order valence-electron chi connectivity index (χ0n) is 13.6. The molecule has 1 N–H and O–H groups in total. The van der Waals surface area contributed by atoms with Crippen molar-refractivity contribution >= 4 is 5.91 Å². The average Bonchev–Trinajstić information content (AvgIpc) is 3.08. The smallest absolute Gasteiger partial charge is 0.240 e. The molecule has 2 aliphatic heterocycles. The van der Waals surface area contributed by atoms with Crippen LogP contribution >= 0.6 is 0 Å². The molecule has 1 atom stereocenters. The van der Waals surface area contributed by atoms with Crippen LogP contribution in [-0.4, -0.2) is 30.7 Å². The third-order valence-electron chi connectivity index (χ3n) is 4.61. The monoisotopic (exact) mass is 324 g/mol. The van der Waals surface area contributed by atoms with E-state index < -0.39 is 0 Å². The number of carbonyl (C=O) groups is 1. The van der Waals surface area contributed by atoms with Gasteiger partial charge in [0, 0.05) is 20.1 Å². The SMILES string of the molecule is CN(Cc1ccc2c(c1)OCO2)C(=O)C1Cc2ccccc2CN1. The minimum absolute atomic E-state index is 0.113. The molecule has 0 spiro atoms. The van der Waals surface area contributed by atoms with E-state index in [0.717, 1.165) is 30.0 Å². The summed E-state index contributed by atoms with van der Waals surface area (Å²) in [6.07, 6.45) is 0.737. The van der Waals surface area contributed by atoms with Crippen molar-refractivity contribution in [3.8, 4) is 11.5 Å². The van der Waals surface area contributed by atoms with Crippen molar-refractivity contribution in [1.29, 1.82) is 0 Å². The van der Waals surface area contributed by atoms with Gasteiger partial charge < -0.3 is 19.7 Å². The number of carbonyl (C=O) groups excluding carboxylic acids is 1. The number of amides is 1. The number of nitrogens with one attached hydrogen (secondary N) is 1. The first-order chi connectivity index (χ1) is 11.7. The fraction of sp³-hybridized carbons (Fsp3) is 0.316. The van der Waals surface area contributed by atoms with Crippen molar-refractivity contribution in [2.75, 3.05) is 13.8 Å². The first-order valence-corrected chi connectivity index (χ1v) is 8.14. The van der Waals surface area contributed by atoms with Gasteiger partial charge in [0.15, 0.2) is 11.5 Å². The number of ether oxygens (including phenoxy) is 2. The number of nitrogens with zero attached hydrogens (tertiary/aromatic N) is 1. The predicted octanol–water partition coefficient (Wildman–Crippen LogP) is 2.09. The van der Waals surface area contributed by atoms with Gasteiger partial charge in [0.25, 0.3) is 0 Å². The molecule has 0 saturated carbocycles. The average molecular weight is 324 g/mol. The molecule has 0 saturated heterocycles. The molecule has 124 valence electrons. The lowest BCUT2D eigenvalue weighted by atomic mass is 9.95. The van der Waals surface area contributed by atoms with Gasteiger partial charge in [-0.15, -0.1) is 0 Å². The molecule has 0 bridgehead atoms. The molecule has 5 nitrogen and oxygen atoms in total. The van der Waals surface area contributed by atoms with E-state index in [-0.39, 0.29) is 18.7 Å². The number of rotatable bonds is 3. The summed E-state index contributed by atoms with van der Waals surface area (Å²) in [5, 5.41) is 3.35. The van der Waals surface area contributed by atoms with Crippen LogP contribution in [0.3, 0.4) is 0 Å². The lowest BCUT2D eigenvalue weighted by Crippen LogP contribution is -2.48. The van der Waals surface area contributed by atoms with E-state index in [1.807, 2.05) is 37.4 Å². The Bertz CT molecular complexity index is 775. The van der Waals surface area contributed by atoms with Crippen LogP contribution in [0.4, 0.5) is 0 Å². The fourth-order valence-corrected chi connectivity index (χ4v) is 3.29. The van der Waals surface area contributed by atoms with Gasteiger partial charge in [-0.3, -0.25) is 4.79 Å². The summed E-state index contributed by atoms with van der Waals surface area (Å²) in [5.41, 5.74) is 3.57. The lowest BCUT2D eigenvalue weighted by Gasteiger charge is -2.29. The van der Waals surface area contributed by atoms with Crippen molar-refractivity contribution in [2.24, 2.45) is 0 Å². The van der Waals surface area contributed by atoms with Gasteiger partial charge >= 0.3 is 0 Å². The van der Waals surface area contributed by atoms with Crippen LogP contribution in [0.5, 0.6) is 11.5 Å². The van der Waals surface area contributed by atoms with Gasteiger partial charge in [-0.25, -0.2) is 0 Å². The van der Waals surface area contributed by atoms with Crippen molar-refractivity contribution in [3.63, 3.8) is 0 Å². The number of likely N-dealkylation sites (N-methyl/N-ethyl adjacent to an activating group) is 1. The Morgan fingerprint density at radius 3 is 2.83 bits per heavy atom. The summed E-state index contributed by atoms with van der Waals surface area (Å²) < 4.78 is 10.7. The van der Waals surface area contributed by atoms with Gasteiger partial charge in [0.05, 0.1) is 6.04 Å². The van der Waals surface area contributed by atoms with Crippen molar-refractivity contribution in [1.82, 2.24) is 10.2 Å². The molecular formula is C19H20N2O3. The van der Waals surface area contributed by atoms with Gasteiger partial charge in [-0.05, 0) is 35.2 Å². The van der Waals surface area contributed by atoms with Gasteiger partial charge in [-0.1, -0.05) is 30.3 Å². The maximum atomic E-state index is 12.8. The Labute approximate surface area is 141 Å². The van der Waals surface area contributed by atoms with Crippen LogP contribution in [0.15, 0.2) is 42.5 Å². The molecule has 5 heteroatoms. The predicted molar refractivity (Wildman–Crippen MR) is 89.8 cm³/mol. The quantitative estimate of drug-likeness (QED) is 0.939. The molecule has 2 heterocycles. The highest BCUT2D eigenvalue weighted by molar-refractivity contribution is 5.82. The summed E-state index contributed by atoms with van der Waals surface area (Å²) in [4.78, 5) is 14.5. The Kier molecular flexibility index (Phi) is 3.86. The summed E-state index contributed by atoms with van der Waals surface area (Å²) >= 11 is 0. The normalized spacial score (nSPS) is 18.1. The van der Waals surface area contributed by atoms with Crippen LogP contribution in [-0.2, 0) is 24.3 Å².